The predicted octanol–water partition coefficient (Wildman–Crippen LogP) is 3.64. The number of hydrogen-bond donors (Lipinski definition) is 4. The molecule has 1 unspecified atom stereocenters. The molecule has 1 heterocycles. The third kappa shape index (κ3) is 15.0. The molecule has 4 N–H and O–H groups in total. The topological polar surface area (TPSA) is 192 Å². The molecule has 4 rings (SSSR count). The number of aromatic hydroxyl groups is 1. The molecule has 3 aromatic carbocycles. The molecule has 3 aromatic rings. The summed E-state index contributed by atoms with van der Waals surface area (Å²) in [6.07, 6.45) is -8.45. The predicted molar refractivity (Wildman–Crippen MR) is 186 cm³/mol. The first kappa shape index (κ1) is 45.0. The second-order valence-corrected chi connectivity index (χ2v) is 14.5. The van der Waals surface area contributed by atoms with Crippen molar-refractivity contribution in [1.29, 1.82) is 0 Å². The van der Waals surface area contributed by atoms with Gasteiger partial charge in [0.1, 0.15) is 30.1 Å². The lowest BCUT2D eigenvalue weighted by Gasteiger charge is -2.42. The second kappa shape index (κ2) is 18.9. The molecule has 0 bridgehead atoms. The van der Waals surface area contributed by atoms with E-state index in [1.54, 1.807) is 26.4 Å². The Morgan fingerprint density at radius 1 is 0.929 bits per heavy atom. The quantitative estimate of drug-likeness (QED) is 0.113. The average molecular weight is 823 g/mol. The van der Waals surface area contributed by atoms with Crippen molar-refractivity contribution >= 4 is 33.7 Å². The smallest absolute Gasteiger partial charge is 0.430 e. The van der Waals surface area contributed by atoms with E-state index in [4.69, 9.17) is 19.4 Å². The average Bonchev–Trinajstić information content (AvgIpc) is 3.08. The number of methoxy groups -OCH3 is 2. The maximum atomic E-state index is 13.7. The highest BCUT2D eigenvalue weighted by atomic mass is 32.2. The molecule has 0 aliphatic carbocycles. The van der Waals surface area contributed by atoms with Gasteiger partial charge in [0.25, 0.3) is 0 Å². The molecule has 1 aliphatic heterocycles. The molecule has 21 heteroatoms. The van der Waals surface area contributed by atoms with Crippen LogP contribution < -0.4 is 34.7 Å². The van der Waals surface area contributed by atoms with Crippen LogP contribution in [0.2, 0.25) is 0 Å². The summed E-state index contributed by atoms with van der Waals surface area (Å²) >= 11 is 0. The number of carbonyl (C=O) groups excluding carboxylic acids is 3. The number of urea groups is 1. The number of quaternary nitrogens is 1. The molecule has 0 aromatic heterocycles. The van der Waals surface area contributed by atoms with E-state index in [-0.39, 0.29) is 29.6 Å². The maximum Gasteiger partial charge on any atom is 0.430 e. The number of anilines is 1. The number of piperidine rings is 1. The van der Waals surface area contributed by atoms with Gasteiger partial charge in [-0.25, -0.2) is 4.79 Å². The van der Waals surface area contributed by atoms with E-state index in [0.29, 0.717) is 34.6 Å². The number of likely N-dealkylation sites (tertiary alicyclic amines) is 1. The molecule has 56 heavy (non-hydrogen) atoms. The summed E-state index contributed by atoms with van der Waals surface area (Å²) in [6, 6.07) is 14.7. The molecule has 308 valence electrons. The van der Waals surface area contributed by atoms with E-state index in [9.17, 15) is 49.5 Å². The van der Waals surface area contributed by atoms with Crippen molar-refractivity contribution in [3.63, 3.8) is 0 Å². The Kier molecular flexibility index (Phi) is 15.2. The number of benzene rings is 3. The molecular formula is C35H40F6N4O10S. The molecular weight excluding hydrogens is 782 g/mol. The van der Waals surface area contributed by atoms with Gasteiger partial charge in [-0.1, -0.05) is 12.1 Å². The van der Waals surface area contributed by atoms with E-state index in [1.807, 2.05) is 18.2 Å². The molecule has 1 aliphatic rings. The first-order chi connectivity index (χ1) is 26.0. The Hall–Kier alpha value is -5.44. The van der Waals surface area contributed by atoms with E-state index >= 15 is 0 Å². The molecule has 1 fully saturated rings. The highest BCUT2D eigenvalue weighted by molar-refractivity contribution is 7.87. The SMILES string of the molecule is COc1ccc(C[N+]2(C)CCC[C@H](NC(=O)[C@H](Cc3ccc(O)cc3)NC(=O)Nc3ccc(OS(=O)(=O)CC(F)(F)F)cc3)C2)cc1OC.O=C([O-])C(F)(F)F. The molecule has 14 nitrogen and oxygen atoms in total. The van der Waals surface area contributed by atoms with Crippen molar-refractivity contribution in [2.75, 3.05) is 45.4 Å². The number of alkyl halides is 6. The van der Waals surface area contributed by atoms with Gasteiger partial charge < -0.3 is 49.1 Å². The van der Waals surface area contributed by atoms with Crippen LogP contribution in [0.25, 0.3) is 0 Å². The lowest BCUT2D eigenvalue weighted by Crippen LogP contribution is -2.59. The van der Waals surface area contributed by atoms with Crippen LogP contribution in [0.15, 0.2) is 66.7 Å². The highest BCUT2D eigenvalue weighted by Crippen LogP contribution is 2.30. The van der Waals surface area contributed by atoms with Crippen molar-refractivity contribution in [2.24, 2.45) is 0 Å². The summed E-state index contributed by atoms with van der Waals surface area (Å²) in [5.74, 6) is -4.63. The number of nitrogens with one attached hydrogen (secondary N) is 3. The lowest BCUT2D eigenvalue weighted by atomic mass is 10.00. The van der Waals surface area contributed by atoms with Gasteiger partial charge in [0.15, 0.2) is 17.3 Å². The number of halogens is 6. The monoisotopic (exact) mass is 822 g/mol. The molecule has 0 spiro atoms. The number of hydrogen-bond acceptors (Lipinski definition) is 10. The summed E-state index contributed by atoms with van der Waals surface area (Å²) in [6.45, 7) is 2.24. The van der Waals surface area contributed by atoms with Crippen LogP contribution in [0.4, 0.5) is 36.8 Å². The number of ether oxygens (including phenoxy) is 2. The van der Waals surface area contributed by atoms with E-state index in [1.165, 1.54) is 24.3 Å². The number of carboxylic acids is 1. The van der Waals surface area contributed by atoms with Crippen LogP contribution >= 0.6 is 0 Å². The van der Waals surface area contributed by atoms with Crippen molar-refractivity contribution < 1.29 is 77.5 Å². The van der Waals surface area contributed by atoms with Gasteiger partial charge in [0.05, 0.1) is 40.4 Å². The van der Waals surface area contributed by atoms with Gasteiger partial charge in [-0.3, -0.25) is 4.79 Å². The number of nitrogens with zero attached hydrogens (tertiary/aromatic N) is 1. The Balaban J connectivity index is 0.00000109. The molecule has 1 saturated heterocycles. The van der Waals surface area contributed by atoms with Crippen LogP contribution in [0.3, 0.4) is 0 Å². The molecule has 3 amide bonds. The van der Waals surface area contributed by atoms with E-state index in [2.05, 4.69) is 27.2 Å². The number of phenolic OH excluding ortho intramolecular Hbond substituents is 1. The number of carboxylic acid groups (broad SMARTS) is 1. The van der Waals surface area contributed by atoms with Crippen LogP contribution in [-0.4, -0.2) is 100 Å². The van der Waals surface area contributed by atoms with Crippen LogP contribution in [0, 0.1) is 0 Å². The minimum Gasteiger partial charge on any atom is -0.542 e. The van der Waals surface area contributed by atoms with E-state index in [0.717, 1.165) is 37.1 Å². The number of aliphatic carboxylic acids is 1. The molecule has 3 atom stereocenters. The Morgan fingerprint density at radius 3 is 2.07 bits per heavy atom. The lowest BCUT2D eigenvalue weighted by molar-refractivity contribution is -0.927. The van der Waals surface area contributed by atoms with Gasteiger partial charge in [-0.05, 0) is 73.0 Å². The van der Waals surface area contributed by atoms with Crippen molar-refractivity contribution in [2.45, 2.75) is 50.2 Å². The van der Waals surface area contributed by atoms with Crippen LogP contribution in [0.5, 0.6) is 23.0 Å². The highest BCUT2D eigenvalue weighted by Gasteiger charge is 2.37. The second-order valence-electron chi connectivity index (χ2n) is 13.0. The minimum atomic E-state index is -5.19. The van der Waals surface area contributed by atoms with Crippen molar-refractivity contribution in [3.05, 3.63) is 77.9 Å². The Morgan fingerprint density at radius 2 is 1.52 bits per heavy atom. The number of likely N-dealkylation sites (N-methyl/N-ethyl adjacent to an activating group) is 1. The summed E-state index contributed by atoms with van der Waals surface area (Å²) in [5, 5.41) is 26.8. The Bertz CT molecular complexity index is 1910. The van der Waals surface area contributed by atoms with Gasteiger partial charge in [-0.15, -0.1) is 0 Å². The first-order valence-corrected chi connectivity index (χ1v) is 18.1. The summed E-state index contributed by atoms with van der Waals surface area (Å²) < 4.78 is 108. The standard InChI is InChI=1S/C33H39F3N4O8S.C2HF3O2/c1-40(19-23-8-15-29(46-2)30(18-23)47-3)16-4-5-25(20-40)37-31(42)28(17-22-6-11-26(41)12-7-22)39-32(43)38-24-9-13-27(14-10-24)48-49(44,45)21-33(34,35)36;3-2(4,5)1(6)7/h6-15,18,25,28H,4-5,16-17,19-21H2,1-3H3,(H3-,37,38,39,41,42,43);(H,6,7)/t25-,28-,40?;/m0./s1. The van der Waals surface area contributed by atoms with Crippen molar-refractivity contribution in [1.82, 2.24) is 10.6 Å². The largest absolute Gasteiger partial charge is 0.542 e. The zero-order valence-corrected chi connectivity index (χ0v) is 31.0. The van der Waals surface area contributed by atoms with Gasteiger partial charge in [-0.2, -0.15) is 34.8 Å². The molecule has 0 saturated carbocycles. The number of amides is 3. The fraction of sp³-hybridized carbons (Fsp3) is 0.400. The zero-order valence-electron chi connectivity index (χ0n) is 30.2. The summed E-state index contributed by atoms with van der Waals surface area (Å²) in [7, 11) is 0.358. The summed E-state index contributed by atoms with van der Waals surface area (Å²) in [5.41, 5.74) is 1.90. The number of phenols is 1. The van der Waals surface area contributed by atoms with Crippen LogP contribution in [-0.2, 0) is 32.7 Å². The Labute approximate surface area is 318 Å². The van der Waals surface area contributed by atoms with Gasteiger partial charge >= 0.3 is 28.5 Å². The van der Waals surface area contributed by atoms with Crippen molar-refractivity contribution in [3.8, 4) is 23.0 Å². The normalized spacial score (nSPS) is 17.6. The van der Waals surface area contributed by atoms with Gasteiger partial charge in [0.2, 0.25) is 5.91 Å². The van der Waals surface area contributed by atoms with Gasteiger partial charge in [0, 0.05) is 17.7 Å². The third-order valence-corrected chi connectivity index (χ3v) is 9.30. The third-order valence-electron chi connectivity index (χ3n) is 8.18. The fourth-order valence-corrected chi connectivity index (χ4v) is 6.65. The minimum absolute atomic E-state index is 0.0443. The van der Waals surface area contributed by atoms with E-state index < -0.39 is 52.2 Å². The maximum absolute atomic E-state index is 13.7. The number of rotatable bonds is 13. The summed E-state index contributed by atoms with van der Waals surface area (Å²) in [4.78, 5) is 35.5. The first-order valence-electron chi connectivity index (χ1n) is 16.6. The number of carbonyl (C=O) groups is 3. The fourth-order valence-electron chi connectivity index (χ4n) is 5.79. The molecule has 0 radical (unpaired) electrons. The zero-order chi connectivity index (χ0) is 41.9. The van der Waals surface area contributed by atoms with Crippen LogP contribution in [0.1, 0.15) is 24.0 Å².